The summed E-state index contributed by atoms with van der Waals surface area (Å²) in [6.07, 6.45) is 6.72. The molecule has 0 bridgehead atoms. The fraction of sp³-hybridized carbons (Fsp3) is 0.0345. The molecule has 0 saturated heterocycles. The zero-order chi connectivity index (χ0) is 39.1. The van der Waals surface area contributed by atoms with E-state index in [9.17, 15) is 0 Å². The molecule has 59 heavy (non-hydrogen) atoms. The molecule has 1 aliphatic rings. The van der Waals surface area contributed by atoms with Gasteiger partial charge in [-0.1, -0.05) is 188 Å². The van der Waals surface area contributed by atoms with Crippen LogP contribution < -0.4 is 4.90 Å². The maximum absolute atomic E-state index is 2.38. The molecule has 0 saturated carbocycles. The second-order valence-electron chi connectivity index (χ2n) is 15.6. The van der Waals surface area contributed by atoms with Gasteiger partial charge in [0.25, 0.3) is 0 Å². The van der Waals surface area contributed by atoms with Crippen LogP contribution in [-0.4, -0.2) is 0 Å². The van der Waals surface area contributed by atoms with Crippen LogP contribution in [-0.2, 0) is 6.42 Å². The molecular formula is C58H41N. The van der Waals surface area contributed by atoms with Gasteiger partial charge in [0, 0.05) is 17.1 Å². The molecule has 0 spiro atoms. The van der Waals surface area contributed by atoms with Gasteiger partial charge in [0.15, 0.2) is 0 Å². The van der Waals surface area contributed by atoms with Crippen molar-refractivity contribution < 1.29 is 0 Å². The van der Waals surface area contributed by atoms with Gasteiger partial charge in [-0.05, 0) is 137 Å². The summed E-state index contributed by atoms with van der Waals surface area (Å²) >= 11 is 0. The van der Waals surface area contributed by atoms with Gasteiger partial charge in [-0.3, -0.25) is 0 Å². The van der Waals surface area contributed by atoms with Gasteiger partial charge in [0.05, 0.1) is 0 Å². The topological polar surface area (TPSA) is 3.24 Å². The van der Waals surface area contributed by atoms with Crippen LogP contribution in [0.2, 0.25) is 0 Å². The first-order valence-corrected chi connectivity index (χ1v) is 20.6. The second kappa shape index (κ2) is 14.8. The zero-order valence-electron chi connectivity index (χ0n) is 32.7. The Bertz CT molecular complexity index is 3170. The number of anilines is 3. The first-order chi connectivity index (χ1) is 29.2. The van der Waals surface area contributed by atoms with Crippen molar-refractivity contribution in [1.82, 2.24) is 0 Å². The van der Waals surface area contributed by atoms with E-state index in [2.05, 4.69) is 229 Å². The minimum Gasteiger partial charge on any atom is -0.310 e. The van der Waals surface area contributed by atoms with Gasteiger partial charge < -0.3 is 4.90 Å². The fourth-order valence-corrected chi connectivity index (χ4v) is 9.07. The summed E-state index contributed by atoms with van der Waals surface area (Å²) in [4.78, 5) is 2.37. The third-order valence-electron chi connectivity index (χ3n) is 12.1. The van der Waals surface area contributed by atoms with Crippen LogP contribution in [0.5, 0.6) is 0 Å². The van der Waals surface area contributed by atoms with Crippen molar-refractivity contribution in [2.45, 2.75) is 12.8 Å². The average Bonchev–Trinajstić information content (AvgIpc) is 3.32. The van der Waals surface area contributed by atoms with Crippen molar-refractivity contribution >= 4 is 55.5 Å². The van der Waals surface area contributed by atoms with Gasteiger partial charge in [0.2, 0.25) is 0 Å². The molecular weight excluding hydrogens is 711 g/mol. The van der Waals surface area contributed by atoms with Gasteiger partial charge in [-0.2, -0.15) is 0 Å². The number of aryl methyl sites for hydroxylation is 1. The van der Waals surface area contributed by atoms with Crippen LogP contribution in [0.4, 0.5) is 17.1 Å². The number of nitrogens with zero attached hydrogens (tertiary/aromatic N) is 1. The third kappa shape index (κ3) is 6.48. The number of fused-ring (bicyclic) bond motifs is 6. The minimum absolute atomic E-state index is 1.09. The van der Waals surface area contributed by atoms with E-state index in [1.54, 1.807) is 0 Å². The van der Waals surface area contributed by atoms with Crippen LogP contribution in [0, 0.1) is 0 Å². The van der Waals surface area contributed by atoms with Crippen LogP contribution in [0.3, 0.4) is 0 Å². The summed E-state index contributed by atoms with van der Waals surface area (Å²) in [5.41, 5.74) is 15.9. The van der Waals surface area contributed by atoms with E-state index in [4.69, 9.17) is 0 Å². The molecule has 278 valence electrons. The molecule has 0 heterocycles. The van der Waals surface area contributed by atoms with E-state index in [0.717, 1.165) is 29.9 Å². The standard InChI is InChI=1S/C58H41N/c1-2-10-40(11-3-1)43-26-31-50(32-27-43)59(52-16-8-15-48(39-52)49-25-22-41-12-4-5-14-47(41)38-49)51-33-28-44(29-34-51)42-20-23-46(24-21-42)54-18-9-19-55-56(54)36-37-57-53-17-7-6-13-45(53)30-35-58(55)57/h1-4,6-13,15-39H,5,14H2. The quantitative estimate of drug-likeness (QED) is 0.147. The van der Waals surface area contributed by atoms with E-state index >= 15 is 0 Å². The first kappa shape index (κ1) is 34.7. The molecule has 0 N–H and O–H groups in total. The van der Waals surface area contributed by atoms with Crippen molar-refractivity contribution in [3.05, 3.63) is 230 Å². The van der Waals surface area contributed by atoms with E-state index in [0.29, 0.717) is 0 Å². The molecule has 1 nitrogen and oxygen atoms in total. The molecule has 0 aromatic heterocycles. The monoisotopic (exact) mass is 751 g/mol. The Labute approximate surface area is 345 Å². The summed E-state index contributed by atoms with van der Waals surface area (Å²) in [5, 5.41) is 7.73. The predicted molar refractivity (Wildman–Crippen MR) is 253 cm³/mol. The Morgan fingerprint density at radius 1 is 0.322 bits per heavy atom. The number of hydrogen-bond donors (Lipinski definition) is 0. The molecule has 10 aromatic rings. The maximum atomic E-state index is 2.38. The van der Waals surface area contributed by atoms with Gasteiger partial charge in [-0.15, -0.1) is 0 Å². The zero-order valence-corrected chi connectivity index (χ0v) is 32.7. The number of hydrogen-bond acceptors (Lipinski definition) is 1. The lowest BCUT2D eigenvalue weighted by atomic mass is 9.92. The van der Waals surface area contributed by atoms with Gasteiger partial charge >= 0.3 is 0 Å². The Balaban J connectivity index is 0.929. The number of rotatable bonds is 7. The molecule has 0 aliphatic heterocycles. The average molecular weight is 752 g/mol. The second-order valence-corrected chi connectivity index (χ2v) is 15.6. The van der Waals surface area contributed by atoms with E-state index in [-0.39, 0.29) is 0 Å². The molecule has 0 unspecified atom stereocenters. The van der Waals surface area contributed by atoms with E-state index in [1.807, 2.05) is 0 Å². The normalized spacial score (nSPS) is 12.2. The van der Waals surface area contributed by atoms with Crippen molar-refractivity contribution in [2.75, 3.05) is 4.90 Å². The minimum atomic E-state index is 1.09. The van der Waals surface area contributed by atoms with E-state index < -0.39 is 0 Å². The smallest absolute Gasteiger partial charge is 0.0467 e. The van der Waals surface area contributed by atoms with Gasteiger partial charge in [0.1, 0.15) is 0 Å². The summed E-state index contributed by atoms with van der Waals surface area (Å²) in [6.45, 7) is 0. The van der Waals surface area contributed by atoms with Crippen molar-refractivity contribution in [1.29, 1.82) is 0 Å². The molecule has 0 amide bonds. The summed E-state index contributed by atoms with van der Waals surface area (Å²) < 4.78 is 0. The summed E-state index contributed by atoms with van der Waals surface area (Å²) in [6, 6.07) is 78.0. The highest BCUT2D eigenvalue weighted by Crippen LogP contribution is 2.40. The lowest BCUT2D eigenvalue weighted by molar-refractivity contribution is 0.986. The Kier molecular flexibility index (Phi) is 8.71. The molecule has 0 atom stereocenters. The lowest BCUT2D eigenvalue weighted by Gasteiger charge is -2.26. The highest BCUT2D eigenvalue weighted by molar-refractivity contribution is 6.19. The Morgan fingerprint density at radius 3 is 1.64 bits per heavy atom. The van der Waals surface area contributed by atoms with Crippen molar-refractivity contribution in [3.63, 3.8) is 0 Å². The van der Waals surface area contributed by atoms with Crippen LogP contribution >= 0.6 is 0 Å². The molecule has 11 rings (SSSR count). The molecule has 1 aliphatic carbocycles. The number of allylic oxidation sites excluding steroid dienone is 1. The maximum Gasteiger partial charge on any atom is 0.0467 e. The van der Waals surface area contributed by atoms with Crippen LogP contribution in [0.15, 0.2) is 218 Å². The number of benzene rings is 10. The predicted octanol–water partition coefficient (Wildman–Crippen LogP) is 16.2. The molecule has 1 heteroatoms. The molecule has 0 fully saturated rings. The fourth-order valence-electron chi connectivity index (χ4n) is 9.07. The highest BCUT2D eigenvalue weighted by atomic mass is 15.1. The lowest BCUT2D eigenvalue weighted by Crippen LogP contribution is -2.10. The van der Waals surface area contributed by atoms with Crippen LogP contribution in [0.25, 0.3) is 82.9 Å². The SMILES string of the molecule is C1=Cc2ccc(-c3cccc(N(c4ccc(-c5ccccc5)cc4)c4ccc(-c5ccc(-c6cccc7c6ccc6c8ccccc8ccc76)cc5)cc4)c3)cc2CC1. The largest absolute Gasteiger partial charge is 0.310 e. The van der Waals surface area contributed by atoms with Gasteiger partial charge in [-0.25, -0.2) is 0 Å². The summed E-state index contributed by atoms with van der Waals surface area (Å²) in [7, 11) is 0. The molecule has 10 aromatic carbocycles. The first-order valence-electron chi connectivity index (χ1n) is 20.6. The molecule has 0 radical (unpaired) electrons. The third-order valence-corrected chi connectivity index (χ3v) is 12.1. The van der Waals surface area contributed by atoms with Crippen molar-refractivity contribution in [3.8, 4) is 44.5 Å². The Hall–Kier alpha value is -7.48. The van der Waals surface area contributed by atoms with Crippen molar-refractivity contribution in [2.24, 2.45) is 0 Å². The summed E-state index contributed by atoms with van der Waals surface area (Å²) in [5.74, 6) is 0. The van der Waals surface area contributed by atoms with E-state index in [1.165, 1.54) is 88.0 Å². The van der Waals surface area contributed by atoms with Crippen LogP contribution in [0.1, 0.15) is 17.5 Å². The highest BCUT2D eigenvalue weighted by Gasteiger charge is 2.16. The Morgan fingerprint density at radius 2 is 0.864 bits per heavy atom.